The lowest BCUT2D eigenvalue weighted by Gasteiger charge is -2.13. The maximum atomic E-state index is 12.0. The van der Waals surface area contributed by atoms with E-state index >= 15 is 0 Å². The molecule has 1 aromatic rings. The van der Waals surface area contributed by atoms with Crippen molar-refractivity contribution in [3.05, 3.63) is 29.3 Å². The highest BCUT2D eigenvalue weighted by molar-refractivity contribution is 5.99. The fourth-order valence-corrected chi connectivity index (χ4v) is 1.14. The summed E-state index contributed by atoms with van der Waals surface area (Å²) in [5.74, 6) is -6.00. The quantitative estimate of drug-likeness (QED) is 0.754. The molecule has 6 nitrogen and oxygen atoms in total. The first kappa shape index (κ1) is 14.5. The van der Waals surface area contributed by atoms with Gasteiger partial charge >= 0.3 is 12.1 Å². The highest BCUT2D eigenvalue weighted by atomic mass is 19.4. The second-order valence-corrected chi connectivity index (χ2v) is 3.33. The number of alkyl halides is 3. The fraction of sp³-hybridized carbons (Fsp3) is 0.100. The molecule has 0 fully saturated rings. The number of carbonyl (C=O) groups is 3. The van der Waals surface area contributed by atoms with E-state index in [-0.39, 0.29) is 0 Å². The number of nitrogens with one attached hydrogen (secondary N) is 1. The van der Waals surface area contributed by atoms with Crippen LogP contribution in [-0.4, -0.2) is 24.0 Å². The molecule has 1 N–H and O–H groups in total. The van der Waals surface area contributed by atoms with Crippen molar-refractivity contribution in [2.24, 2.45) is 0 Å². The number of carbonyl (C=O) groups excluding carboxylic acids is 3. The maximum Gasteiger partial charge on any atom is 0.471 e. The number of hydrogen-bond acceptors (Lipinski definition) is 5. The largest absolute Gasteiger partial charge is 0.545 e. The average Bonchev–Trinajstić information content (AvgIpc) is 2.27. The van der Waals surface area contributed by atoms with Gasteiger partial charge in [-0.2, -0.15) is 13.2 Å². The summed E-state index contributed by atoms with van der Waals surface area (Å²) in [5, 5.41) is 22.4. The van der Waals surface area contributed by atoms with Crippen LogP contribution in [0.1, 0.15) is 20.7 Å². The monoisotopic (exact) mass is 275 g/mol. The van der Waals surface area contributed by atoms with E-state index in [0.717, 1.165) is 0 Å². The highest BCUT2D eigenvalue weighted by Gasteiger charge is 2.38. The predicted octanol–water partition coefficient (Wildman–Crippen LogP) is -1.09. The van der Waals surface area contributed by atoms with Crippen molar-refractivity contribution in [2.75, 3.05) is 5.32 Å². The van der Waals surface area contributed by atoms with Gasteiger partial charge in [0.15, 0.2) is 0 Å². The second kappa shape index (κ2) is 4.96. The molecule has 9 heteroatoms. The molecular formula is C10H4F3NO5-2. The predicted molar refractivity (Wildman–Crippen MR) is 49.8 cm³/mol. The number of halogens is 3. The van der Waals surface area contributed by atoms with Crippen molar-refractivity contribution in [3.8, 4) is 0 Å². The second-order valence-electron chi connectivity index (χ2n) is 3.33. The SMILES string of the molecule is O=C([O-])c1cc(NC(=O)C(F)(F)F)cc(C(=O)[O-])c1. The summed E-state index contributed by atoms with van der Waals surface area (Å²) >= 11 is 0. The Morgan fingerprint density at radius 3 is 1.68 bits per heavy atom. The lowest BCUT2D eigenvalue weighted by atomic mass is 10.1. The van der Waals surface area contributed by atoms with Crippen molar-refractivity contribution >= 4 is 23.5 Å². The summed E-state index contributed by atoms with van der Waals surface area (Å²) in [7, 11) is 0. The van der Waals surface area contributed by atoms with Gasteiger partial charge in [0.25, 0.3) is 0 Å². The van der Waals surface area contributed by atoms with Crippen LogP contribution in [0.2, 0.25) is 0 Å². The van der Waals surface area contributed by atoms with Crippen molar-refractivity contribution in [1.29, 1.82) is 0 Å². The summed E-state index contributed by atoms with van der Waals surface area (Å²) in [5.41, 5.74) is -2.07. The van der Waals surface area contributed by atoms with Gasteiger partial charge in [0.05, 0.1) is 11.9 Å². The molecule has 0 aliphatic carbocycles. The third-order valence-corrected chi connectivity index (χ3v) is 1.92. The van der Waals surface area contributed by atoms with Crippen LogP contribution in [-0.2, 0) is 4.79 Å². The van der Waals surface area contributed by atoms with E-state index in [2.05, 4.69) is 0 Å². The molecule has 0 radical (unpaired) electrons. The minimum Gasteiger partial charge on any atom is -0.545 e. The van der Waals surface area contributed by atoms with Crippen LogP contribution < -0.4 is 15.5 Å². The van der Waals surface area contributed by atoms with Gasteiger partial charge in [0.1, 0.15) is 0 Å². The molecule has 0 saturated heterocycles. The molecule has 0 spiro atoms. The zero-order chi connectivity index (χ0) is 14.8. The van der Waals surface area contributed by atoms with Gasteiger partial charge in [-0.25, -0.2) is 0 Å². The normalized spacial score (nSPS) is 10.9. The molecule has 19 heavy (non-hydrogen) atoms. The highest BCUT2D eigenvalue weighted by Crippen LogP contribution is 2.20. The number of hydrogen-bond donors (Lipinski definition) is 1. The molecule has 1 amide bonds. The lowest BCUT2D eigenvalue weighted by Crippen LogP contribution is -2.31. The molecule has 1 rings (SSSR count). The Hall–Kier alpha value is -2.58. The van der Waals surface area contributed by atoms with E-state index in [0.29, 0.717) is 18.2 Å². The minimum atomic E-state index is -5.20. The van der Waals surface area contributed by atoms with E-state index in [9.17, 15) is 37.8 Å². The van der Waals surface area contributed by atoms with Crippen LogP contribution in [0.5, 0.6) is 0 Å². The van der Waals surface area contributed by atoms with Crippen LogP contribution in [0.4, 0.5) is 18.9 Å². The Morgan fingerprint density at radius 2 is 1.37 bits per heavy atom. The summed E-state index contributed by atoms with van der Waals surface area (Å²) in [6.45, 7) is 0. The van der Waals surface area contributed by atoms with E-state index in [1.807, 2.05) is 0 Å². The maximum absolute atomic E-state index is 12.0. The summed E-state index contributed by atoms with van der Waals surface area (Å²) < 4.78 is 36.0. The minimum absolute atomic E-state index is 0.630. The Kier molecular flexibility index (Phi) is 3.78. The molecule has 0 heterocycles. The molecular weight excluding hydrogens is 271 g/mol. The van der Waals surface area contributed by atoms with Gasteiger partial charge in [-0.1, -0.05) is 0 Å². The van der Waals surface area contributed by atoms with E-state index in [1.165, 1.54) is 5.32 Å². The van der Waals surface area contributed by atoms with Crippen LogP contribution in [0, 0.1) is 0 Å². The number of carboxylic acids is 2. The van der Waals surface area contributed by atoms with E-state index < -0.39 is 40.8 Å². The van der Waals surface area contributed by atoms with Crippen molar-refractivity contribution in [1.82, 2.24) is 0 Å². The Balaban J connectivity index is 3.17. The first-order valence-corrected chi connectivity index (χ1v) is 4.57. The molecule has 0 atom stereocenters. The Bertz CT molecular complexity index is 520. The van der Waals surface area contributed by atoms with Gasteiger partial charge in [-0.3, -0.25) is 4.79 Å². The fourth-order valence-electron chi connectivity index (χ4n) is 1.14. The van der Waals surface area contributed by atoms with Crippen LogP contribution in [0.25, 0.3) is 0 Å². The first-order valence-electron chi connectivity index (χ1n) is 4.57. The molecule has 1 aromatic carbocycles. The summed E-state index contributed by atoms with van der Waals surface area (Å²) in [4.78, 5) is 31.7. The Labute approximate surface area is 103 Å². The molecule has 0 aliphatic heterocycles. The number of rotatable bonds is 3. The molecule has 0 saturated carbocycles. The van der Waals surface area contributed by atoms with E-state index in [4.69, 9.17) is 0 Å². The molecule has 0 bridgehead atoms. The van der Waals surface area contributed by atoms with Gasteiger partial charge < -0.3 is 25.1 Å². The molecule has 0 unspecified atom stereocenters. The van der Waals surface area contributed by atoms with Crippen molar-refractivity contribution in [2.45, 2.75) is 6.18 Å². The number of aromatic carboxylic acids is 2. The van der Waals surface area contributed by atoms with Gasteiger partial charge in [0, 0.05) is 5.69 Å². The van der Waals surface area contributed by atoms with E-state index in [1.54, 1.807) is 0 Å². The van der Waals surface area contributed by atoms with Crippen LogP contribution in [0.3, 0.4) is 0 Å². The van der Waals surface area contributed by atoms with Gasteiger partial charge in [0.2, 0.25) is 0 Å². The zero-order valence-corrected chi connectivity index (χ0v) is 8.91. The zero-order valence-electron chi connectivity index (χ0n) is 8.91. The third-order valence-electron chi connectivity index (χ3n) is 1.92. The van der Waals surface area contributed by atoms with Crippen LogP contribution >= 0.6 is 0 Å². The summed E-state index contributed by atoms with van der Waals surface area (Å²) in [6.07, 6.45) is -5.20. The average molecular weight is 275 g/mol. The number of amides is 1. The third kappa shape index (κ3) is 3.69. The molecule has 102 valence electrons. The van der Waals surface area contributed by atoms with Gasteiger partial charge in [-0.05, 0) is 29.3 Å². The molecule has 0 aliphatic rings. The summed E-state index contributed by atoms with van der Waals surface area (Å²) in [6, 6.07) is 1.89. The topological polar surface area (TPSA) is 109 Å². The van der Waals surface area contributed by atoms with Crippen molar-refractivity contribution < 1.29 is 37.8 Å². The smallest absolute Gasteiger partial charge is 0.471 e. The Morgan fingerprint density at radius 1 is 0.947 bits per heavy atom. The number of benzene rings is 1. The van der Waals surface area contributed by atoms with Crippen molar-refractivity contribution in [3.63, 3.8) is 0 Å². The number of carboxylic acid groups (broad SMARTS) is 2. The van der Waals surface area contributed by atoms with Crippen LogP contribution in [0.15, 0.2) is 18.2 Å². The molecule has 0 aromatic heterocycles. The number of anilines is 1. The van der Waals surface area contributed by atoms with Gasteiger partial charge in [-0.15, -0.1) is 0 Å². The lowest BCUT2D eigenvalue weighted by molar-refractivity contribution is -0.255. The first-order chi connectivity index (χ1) is 8.61. The standard InChI is InChI=1S/C10H6F3NO5/c11-10(12,13)9(19)14-6-2-4(7(15)16)1-5(3-6)8(17)18/h1-3H,(H,14,19)(H,15,16)(H,17,18)/p-2.